The molecule has 0 aliphatic rings. The Morgan fingerprint density at radius 2 is 1.70 bits per heavy atom. The van der Waals surface area contributed by atoms with E-state index in [0.717, 1.165) is 4.68 Å². The van der Waals surface area contributed by atoms with Crippen LogP contribution in [-0.4, -0.2) is 21.5 Å². The molecule has 0 spiro atoms. The quantitative estimate of drug-likeness (QED) is 0.321. The Morgan fingerprint density at radius 3 is 2.37 bits per heavy atom. The van der Waals surface area contributed by atoms with Crippen LogP contribution in [0, 0.1) is 23.3 Å². The van der Waals surface area contributed by atoms with E-state index in [-0.39, 0.29) is 28.4 Å². The van der Waals surface area contributed by atoms with Crippen LogP contribution in [0.1, 0.15) is 5.56 Å². The Hall–Kier alpha value is -3.28. The van der Waals surface area contributed by atoms with Crippen molar-refractivity contribution >= 4 is 28.8 Å². The normalized spacial score (nSPS) is 10.9. The van der Waals surface area contributed by atoms with Gasteiger partial charge < -0.3 is 15.4 Å². The van der Waals surface area contributed by atoms with E-state index < -0.39 is 42.0 Å². The van der Waals surface area contributed by atoms with Crippen molar-refractivity contribution in [2.24, 2.45) is 0 Å². The van der Waals surface area contributed by atoms with Crippen molar-refractivity contribution in [1.29, 1.82) is 0 Å². The molecule has 1 heterocycles. The number of aromatic nitrogens is 2. The number of anilines is 2. The minimum Gasteiger partial charge on any atom is -0.433 e. The second-order valence-corrected chi connectivity index (χ2v) is 6.21. The molecule has 0 bridgehead atoms. The predicted octanol–water partition coefficient (Wildman–Crippen LogP) is 4.90. The highest BCUT2D eigenvalue weighted by molar-refractivity contribution is 7.80. The monoisotopic (exact) mass is 446 g/mol. The summed E-state index contributed by atoms with van der Waals surface area (Å²) >= 11 is 5.07. The van der Waals surface area contributed by atoms with Gasteiger partial charge in [-0.15, -0.1) is 0 Å². The zero-order valence-corrected chi connectivity index (χ0v) is 15.6. The van der Waals surface area contributed by atoms with Crippen molar-refractivity contribution in [3.05, 3.63) is 71.4 Å². The number of thiocarbonyl (C=S) groups is 1. The number of alkyl halides is 2. The number of ether oxygens (including phenoxy) is 1. The number of para-hydroxylation sites is 2. The van der Waals surface area contributed by atoms with E-state index in [2.05, 4.69) is 20.5 Å². The molecule has 12 heteroatoms. The third-order valence-electron chi connectivity index (χ3n) is 3.76. The van der Waals surface area contributed by atoms with E-state index in [1.165, 1.54) is 30.5 Å². The molecule has 0 saturated heterocycles. The van der Waals surface area contributed by atoms with Crippen LogP contribution in [0.25, 0.3) is 0 Å². The number of benzene rings is 2. The molecule has 158 valence electrons. The van der Waals surface area contributed by atoms with Crippen molar-refractivity contribution in [1.82, 2.24) is 9.78 Å². The lowest BCUT2D eigenvalue weighted by Crippen LogP contribution is -2.20. The fourth-order valence-electron chi connectivity index (χ4n) is 2.48. The summed E-state index contributed by atoms with van der Waals surface area (Å²) in [6.45, 7) is -3.61. The molecule has 0 aliphatic carbocycles. The van der Waals surface area contributed by atoms with E-state index >= 15 is 0 Å². The lowest BCUT2D eigenvalue weighted by atomic mass is 10.2. The van der Waals surface area contributed by atoms with E-state index in [4.69, 9.17) is 12.2 Å². The summed E-state index contributed by atoms with van der Waals surface area (Å²) in [7, 11) is 0. The van der Waals surface area contributed by atoms with Gasteiger partial charge in [-0.05, 0) is 24.4 Å². The average molecular weight is 446 g/mol. The smallest absolute Gasteiger partial charge is 0.387 e. The van der Waals surface area contributed by atoms with Crippen molar-refractivity contribution in [2.45, 2.75) is 13.2 Å². The maximum absolute atomic E-state index is 13.8. The molecule has 0 unspecified atom stereocenters. The zero-order chi connectivity index (χ0) is 21.8. The molecule has 30 heavy (non-hydrogen) atoms. The molecule has 3 rings (SSSR count). The number of nitrogens with zero attached hydrogens (tertiary/aromatic N) is 2. The second kappa shape index (κ2) is 9.03. The summed E-state index contributed by atoms with van der Waals surface area (Å²) in [5.74, 6) is -6.11. The third-order valence-corrected chi connectivity index (χ3v) is 3.96. The van der Waals surface area contributed by atoms with Crippen molar-refractivity contribution in [3.8, 4) is 5.75 Å². The predicted molar refractivity (Wildman–Crippen MR) is 101 cm³/mol. The number of halogens is 6. The van der Waals surface area contributed by atoms with Gasteiger partial charge in [-0.1, -0.05) is 12.1 Å². The van der Waals surface area contributed by atoms with Gasteiger partial charge in [-0.2, -0.15) is 13.9 Å². The number of hydrogen-bond donors (Lipinski definition) is 2. The molecular weight excluding hydrogens is 434 g/mol. The van der Waals surface area contributed by atoms with Crippen LogP contribution in [0.2, 0.25) is 0 Å². The first-order chi connectivity index (χ1) is 14.2. The highest BCUT2D eigenvalue weighted by atomic mass is 32.1. The van der Waals surface area contributed by atoms with Crippen LogP contribution in [0.3, 0.4) is 0 Å². The molecular formula is C18H12F6N4OS. The van der Waals surface area contributed by atoms with Crippen LogP contribution < -0.4 is 15.4 Å². The lowest BCUT2D eigenvalue weighted by Gasteiger charge is -2.13. The topological polar surface area (TPSA) is 51.1 Å². The molecule has 2 aromatic carbocycles. The van der Waals surface area contributed by atoms with Crippen molar-refractivity contribution in [2.75, 3.05) is 10.6 Å². The summed E-state index contributed by atoms with van der Waals surface area (Å²) in [5, 5.41) is 9.20. The maximum Gasteiger partial charge on any atom is 0.387 e. The van der Waals surface area contributed by atoms with Gasteiger partial charge in [-0.25, -0.2) is 17.6 Å². The fourth-order valence-corrected chi connectivity index (χ4v) is 2.69. The standard InChI is InChI=1S/C18H12F6N4OS/c19-10-7-11(20)16(22)9(15(10)21)8-28-6-5-14(27-28)26-18(30)25-12-3-1-2-4-13(12)29-17(23)24/h1-7,17H,8H2,(H2,25,26,27,30). The van der Waals surface area contributed by atoms with Gasteiger partial charge in [0.15, 0.2) is 34.2 Å². The lowest BCUT2D eigenvalue weighted by molar-refractivity contribution is -0.0493. The molecule has 3 aromatic rings. The third kappa shape index (κ3) is 5.00. The van der Waals surface area contributed by atoms with Crippen molar-refractivity contribution < 1.29 is 31.1 Å². The highest BCUT2D eigenvalue weighted by Gasteiger charge is 2.19. The second-order valence-electron chi connectivity index (χ2n) is 5.80. The molecule has 2 N–H and O–H groups in total. The fraction of sp³-hybridized carbons (Fsp3) is 0.111. The molecule has 0 saturated carbocycles. The minimum atomic E-state index is -3.03. The molecule has 0 amide bonds. The van der Waals surface area contributed by atoms with Gasteiger partial charge in [0.2, 0.25) is 0 Å². The SMILES string of the molecule is Fc1cc(F)c(F)c(Cn2ccc(NC(=S)Nc3ccccc3OC(F)F)n2)c1F. The summed E-state index contributed by atoms with van der Waals surface area (Å²) < 4.78 is 84.5. The van der Waals surface area contributed by atoms with E-state index in [1.54, 1.807) is 6.07 Å². The molecule has 0 fully saturated rings. The summed E-state index contributed by atoms with van der Waals surface area (Å²) in [6, 6.07) is 7.32. The van der Waals surface area contributed by atoms with Crippen LogP contribution in [0.5, 0.6) is 5.75 Å². The maximum atomic E-state index is 13.8. The number of hydrogen-bond acceptors (Lipinski definition) is 3. The average Bonchev–Trinajstić information content (AvgIpc) is 3.11. The number of rotatable bonds is 6. The van der Waals surface area contributed by atoms with Gasteiger partial charge in [0.25, 0.3) is 0 Å². The van der Waals surface area contributed by atoms with E-state index in [0.29, 0.717) is 0 Å². The first-order valence-electron chi connectivity index (χ1n) is 8.21. The van der Waals surface area contributed by atoms with Gasteiger partial charge in [0.1, 0.15) is 5.75 Å². The minimum absolute atomic E-state index is 0.0419. The Kier molecular flexibility index (Phi) is 6.45. The molecule has 5 nitrogen and oxygen atoms in total. The molecule has 0 radical (unpaired) electrons. The first-order valence-corrected chi connectivity index (χ1v) is 8.62. The van der Waals surface area contributed by atoms with Crippen LogP contribution >= 0.6 is 12.2 Å². The molecule has 0 atom stereocenters. The van der Waals surface area contributed by atoms with Crippen molar-refractivity contribution in [3.63, 3.8) is 0 Å². The molecule has 0 aliphatic heterocycles. The van der Waals surface area contributed by atoms with E-state index in [9.17, 15) is 26.3 Å². The van der Waals surface area contributed by atoms with Gasteiger partial charge in [-0.3, -0.25) is 4.68 Å². The van der Waals surface area contributed by atoms with Crippen LogP contribution in [-0.2, 0) is 6.54 Å². The van der Waals surface area contributed by atoms with Gasteiger partial charge in [0.05, 0.1) is 17.8 Å². The largest absolute Gasteiger partial charge is 0.433 e. The Bertz CT molecular complexity index is 1050. The van der Waals surface area contributed by atoms with Crippen LogP contribution in [0.15, 0.2) is 42.6 Å². The van der Waals surface area contributed by atoms with E-state index in [1.807, 2.05) is 0 Å². The summed E-state index contributed by atoms with van der Waals surface area (Å²) in [6.07, 6.45) is 1.29. The highest BCUT2D eigenvalue weighted by Crippen LogP contribution is 2.26. The molecule has 1 aromatic heterocycles. The summed E-state index contributed by atoms with van der Waals surface area (Å²) in [5.41, 5.74) is -0.671. The zero-order valence-electron chi connectivity index (χ0n) is 14.8. The first kappa shape index (κ1) is 21.4. The Labute approximate surface area is 171 Å². The Morgan fingerprint density at radius 1 is 1.03 bits per heavy atom. The van der Waals surface area contributed by atoms with Crippen LogP contribution in [0.4, 0.5) is 37.8 Å². The van der Waals surface area contributed by atoms with Gasteiger partial charge in [0, 0.05) is 18.3 Å². The summed E-state index contributed by atoms with van der Waals surface area (Å²) in [4.78, 5) is 0. The van der Waals surface area contributed by atoms with Gasteiger partial charge >= 0.3 is 6.61 Å². The Balaban J connectivity index is 1.69. The number of nitrogens with one attached hydrogen (secondary N) is 2.